The van der Waals surface area contributed by atoms with Crippen LogP contribution in [0.4, 0.5) is 0 Å². The first-order valence-electron chi connectivity index (χ1n) is 6.61. The van der Waals surface area contributed by atoms with E-state index in [1.807, 2.05) is 31.2 Å². The molecule has 0 aromatic heterocycles. The third-order valence-corrected chi connectivity index (χ3v) is 3.68. The average Bonchev–Trinajstić information content (AvgIpc) is 2.32. The topological polar surface area (TPSA) is 40.5 Å². The van der Waals surface area contributed by atoms with E-state index in [-0.39, 0.29) is 0 Å². The summed E-state index contributed by atoms with van der Waals surface area (Å²) in [7, 11) is 0. The maximum Gasteiger partial charge on any atom is 0.325 e. The molecule has 2 rings (SSSR count). The predicted octanol–water partition coefficient (Wildman–Crippen LogP) is 2.85. The average molecular weight is 247 g/mol. The third kappa shape index (κ3) is 2.91. The van der Waals surface area contributed by atoms with Gasteiger partial charge in [-0.2, -0.15) is 0 Å². The van der Waals surface area contributed by atoms with Gasteiger partial charge in [0, 0.05) is 6.54 Å². The largest absolute Gasteiger partial charge is 0.480 e. The molecule has 0 radical (unpaired) electrons. The zero-order valence-corrected chi connectivity index (χ0v) is 11.1. The number of likely N-dealkylation sites (tertiary alicyclic amines) is 1. The van der Waals surface area contributed by atoms with E-state index >= 15 is 0 Å². The van der Waals surface area contributed by atoms with Crippen molar-refractivity contribution in [3.8, 4) is 0 Å². The van der Waals surface area contributed by atoms with E-state index in [4.69, 9.17) is 0 Å². The Morgan fingerprint density at radius 3 is 2.61 bits per heavy atom. The lowest BCUT2D eigenvalue weighted by Crippen LogP contribution is -2.40. The summed E-state index contributed by atoms with van der Waals surface area (Å²) < 4.78 is 0. The van der Waals surface area contributed by atoms with Gasteiger partial charge in [-0.1, -0.05) is 36.8 Å². The minimum atomic E-state index is -0.743. The fraction of sp³-hybridized carbons (Fsp3) is 0.533. The van der Waals surface area contributed by atoms with E-state index in [1.165, 1.54) is 6.42 Å². The van der Waals surface area contributed by atoms with Crippen LogP contribution in [0.15, 0.2) is 24.3 Å². The summed E-state index contributed by atoms with van der Waals surface area (Å²) >= 11 is 0. The first-order valence-corrected chi connectivity index (χ1v) is 6.61. The second-order valence-corrected chi connectivity index (χ2v) is 5.39. The van der Waals surface area contributed by atoms with Gasteiger partial charge in [0.05, 0.1) is 0 Å². The SMILES string of the molecule is Cc1ccc(C(C(=O)O)N2CCCC(C)C2)cc1. The number of rotatable bonds is 3. The first-order chi connectivity index (χ1) is 8.58. The normalized spacial score (nSPS) is 22.7. The smallest absolute Gasteiger partial charge is 0.325 e. The Bertz CT molecular complexity index is 413. The van der Waals surface area contributed by atoms with Crippen molar-refractivity contribution in [2.24, 2.45) is 5.92 Å². The molecule has 3 nitrogen and oxygen atoms in total. The summed E-state index contributed by atoms with van der Waals surface area (Å²) in [5, 5.41) is 9.49. The van der Waals surface area contributed by atoms with Gasteiger partial charge in [-0.25, -0.2) is 0 Å². The maximum absolute atomic E-state index is 11.5. The number of hydrogen-bond acceptors (Lipinski definition) is 2. The monoisotopic (exact) mass is 247 g/mol. The van der Waals surface area contributed by atoms with E-state index in [2.05, 4.69) is 11.8 Å². The van der Waals surface area contributed by atoms with Crippen LogP contribution < -0.4 is 0 Å². The van der Waals surface area contributed by atoms with Gasteiger partial charge in [0.15, 0.2) is 0 Å². The summed E-state index contributed by atoms with van der Waals surface area (Å²) in [6.07, 6.45) is 2.30. The number of aryl methyl sites for hydroxylation is 1. The van der Waals surface area contributed by atoms with E-state index in [9.17, 15) is 9.90 Å². The van der Waals surface area contributed by atoms with Crippen LogP contribution in [0.25, 0.3) is 0 Å². The number of aliphatic carboxylic acids is 1. The van der Waals surface area contributed by atoms with Crippen LogP contribution in [0.5, 0.6) is 0 Å². The molecule has 1 fully saturated rings. The minimum absolute atomic E-state index is 0.492. The van der Waals surface area contributed by atoms with Crippen molar-refractivity contribution in [3.05, 3.63) is 35.4 Å². The molecule has 1 saturated heterocycles. The van der Waals surface area contributed by atoms with Crippen LogP contribution in [0.1, 0.15) is 36.9 Å². The lowest BCUT2D eigenvalue weighted by Gasteiger charge is -2.35. The standard InChI is InChI=1S/C15H21NO2/c1-11-5-7-13(8-6-11)14(15(17)18)16-9-3-4-12(2)10-16/h5-8,12,14H,3-4,9-10H2,1-2H3,(H,17,18). The predicted molar refractivity (Wildman–Crippen MR) is 71.5 cm³/mol. The highest BCUT2D eigenvalue weighted by atomic mass is 16.4. The summed E-state index contributed by atoms with van der Waals surface area (Å²) in [5.41, 5.74) is 2.05. The maximum atomic E-state index is 11.5. The third-order valence-electron chi connectivity index (χ3n) is 3.68. The molecule has 0 bridgehead atoms. The molecule has 2 unspecified atom stereocenters. The highest BCUT2D eigenvalue weighted by Gasteiger charge is 2.30. The lowest BCUT2D eigenvalue weighted by molar-refractivity contribution is -0.144. The van der Waals surface area contributed by atoms with Gasteiger partial charge < -0.3 is 5.11 Å². The molecular weight excluding hydrogens is 226 g/mol. The Balaban J connectivity index is 2.22. The quantitative estimate of drug-likeness (QED) is 0.893. The second-order valence-electron chi connectivity index (χ2n) is 5.39. The number of carbonyl (C=O) groups is 1. The summed E-state index contributed by atoms with van der Waals surface area (Å²) in [4.78, 5) is 13.6. The van der Waals surface area contributed by atoms with E-state index < -0.39 is 12.0 Å². The van der Waals surface area contributed by atoms with Crippen LogP contribution in [-0.4, -0.2) is 29.1 Å². The van der Waals surface area contributed by atoms with Crippen molar-refractivity contribution < 1.29 is 9.90 Å². The summed E-state index contributed by atoms with van der Waals surface area (Å²) in [6.45, 7) is 5.97. The Hall–Kier alpha value is -1.35. The van der Waals surface area contributed by atoms with Gasteiger partial charge in [-0.15, -0.1) is 0 Å². The van der Waals surface area contributed by atoms with Gasteiger partial charge in [0.25, 0.3) is 0 Å². The van der Waals surface area contributed by atoms with E-state index in [1.54, 1.807) is 0 Å². The first kappa shape index (κ1) is 13.1. The van der Waals surface area contributed by atoms with Crippen LogP contribution >= 0.6 is 0 Å². The van der Waals surface area contributed by atoms with Crippen LogP contribution in [0.3, 0.4) is 0 Å². The molecule has 98 valence electrons. The highest BCUT2D eigenvalue weighted by Crippen LogP contribution is 2.27. The van der Waals surface area contributed by atoms with Gasteiger partial charge in [-0.3, -0.25) is 9.69 Å². The molecule has 1 N–H and O–H groups in total. The molecule has 0 spiro atoms. The van der Waals surface area contributed by atoms with Crippen LogP contribution in [-0.2, 0) is 4.79 Å². The number of hydrogen-bond donors (Lipinski definition) is 1. The Morgan fingerprint density at radius 1 is 1.39 bits per heavy atom. The number of nitrogens with zero attached hydrogens (tertiary/aromatic N) is 1. The zero-order valence-electron chi connectivity index (χ0n) is 11.1. The van der Waals surface area contributed by atoms with Gasteiger partial charge in [-0.05, 0) is 37.8 Å². The molecule has 2 atom stereocenters. The van der Waals surface area contributed by atoms with Crippen molar-refractivity contribution >= 4 is 5.97 Å². The molecule has 1 aliphatic heterocycles. The summed E-state index contributed by atoms with van der Waals surface area (Å²) in [6, 6.07) is 7.35. The molecule has 3 heteroatoms. The number of benzene rings is 1. The molecule has 0 saturated carbocycles. The van der Waals surface area contributed by atoms with Gasteiger partial charge >= 0.3 is 5.97 Å². The Kier molecular flexibility index (Phi) is 4.02. The van der Waals surface area contributed by atoms with Crippen molar-refractivity contribution in [2.45, 2.75) is 32.7 Å². The molecule has 1 aromatic rings. The lowest BCUT2D eigenvalue weighted by atomic mass is 9.96. The minimum Gasteiger partial charge on any atom is -0.480 e. The van der Waals surface area contributed by atoms with Crippen molar-refractivity contribution in [1.29, 1.82) is 0 Å². The fourth-order valence-corrected chi connectivity index (χ4v) is 2.72. The van der Waals surface area contributed by atoms with Crippen LogP contribution in [0.2, 0.25) is 0 Å². The fourth-order valence-electron chi connectivity index (χ4n) is 2.72. The van der Waals surface area contributed by atoms with Crippen molar-refractivity contribution in [3.63, 3.8) is 0 Å². The second kappa shape index (κ2) is 5.53. The molecule has 0 amide bonds. The van der Waals surface area contributed by atoms with Gasteiger partial charge in [0.1, 0.15) is 6.04 Å². The van der Waals surface area contributed by atoms with Gasteiger partial charge in [0.2, 0.25) is 0 Å². The number of carboxylic acids is 1. The van der Waals surface area contributed by atoms with E-state index in [0.717, 1.165) is 30.6 Å². The molecule has 18 heavy (non-hydrogen) atoms. The molecule has 0 aliphatic carbocycles. The molecule has 1 aliphatic rings. The number of carboxylic acid groups (broad SMARTS) is 1. The Labute approximate surface area is 108 Å². The zero-order chi connectivity index (χ0) is 13.1. The Morgan fingerprint density at radius 2 is 2.06 bits per heavy atom. The number of piperidine rings is 1. The summed E-state index contributed by atoms with van der Waals surface area (Å²) in [5.74, 6) is -0.154. The van der Waals surface area contributed by atoms with Crippen LogP contribution in [0, 0.1) is 12.8 Å². The highest BCUT2D eigenvalue weighted by molar-refractivity contribution is 5.75. The molecule has 1 heterocycles. The molecule has 1 aromatic carbocycles. The van der Waals surface area contributed by atoms with Crippen molar-refractivity contribution in [2.75, 3.05) is 13.1 Å². The van der Waals surface area contributed by atoms with Crippen molar-refractivity contribution in [1.82, 2.24) is 4.90 Å². The molecular formula is C15H21NO2. The van der Waals surface area contributed by atoms with E-state index in [0.29, 0.717) is 5.92 Å².